The van der Waals surface area contributed by atoms with Crippen molar-refractivity contribution < 1.29 is 4.74 Å². The number of aromatic nitrogens is 2. The van der Waals surface area contributed by atoms with Crippen molar-refractivity contribution in [2.45, 2.75) is 26.4 Å². The molecule has 1 aromatic heterocycles. The average Bonchev–Trinajstić information content (AvgIpc) is 2.78. The Labute approximate surface area is 128 Å². The highest BCUT2D eigenvalue weighted by atomic mass is 79.9. The number of rotatable bonds is 7. The third kappa shape index (κ3) is 4.08. The molecule has 0 atom stereocenters. The van der Waals surface area contributed by atoms with Crippen LogP contribution >= 0.6 is 15.9 Å². The van der Waals surface area contributed by atoms with Crippen LogP contribution in [0.1, 0.15) is 17.7 Å². The SMILES string of the molecule is COCCCn1cc(C)nc1NCc1ccccc1Br. The molecule has 0 saturated heterocycles. The second kappa shape index (κ2) is 7.45. The van der Waals surface area contributed by atoms with Gasteiger partial charge in [0.15, 0.2) is 0 Å². The van der Waals surface area contributed by atoms with Crippen LogP contribution in [0.25, 0.3) is 0 Å². The number of methoxy groups -OCH3 is 1. The normalized spacial score (nSPS) is 10.8. The number of imidazole rings is 1. The van der Waals surface area contributed by atoms with Crippen molar-refractivity contribution in [2.75, 3.05) is 19.0 Å². The third-order valence-electron chi connectivity index (χ3n) is 3.04. The Balaban J connectivity index is 2.00. The fourth-order valence-corrected chi connectivity index (χ4v) is 2.48. The molecule has 1 heterocycles. The predicted molar refractivity (Wildman–Crippen MR) is 84.9 cm³/mol. The van der Waals surface area contributed by atoms with Gasteiger partial charge in [0.2, 0.25) is 5.95 Å². The number of benzene rings is 1. The highest BCUT2D eigenvalue weighted by molar-refractivity contribution is 9.10. The largest absolute Gasteiger partial charge is 0.385 e. The van der Waals surface area contributed by atoms with Gasteiger partial charge in [-0.25, -0.2) is 4.98 Å². The topological polar surface area (TPSA) is 39.1 Å². The minimum absolute atomic E-state index is 0.752. The van der Waals surface area contributed by atoms with Gasteiger partial charge in [0.05, 0.1) is 5.69 Å². The molecule has 0 radical (unpaired) electrons. The van der Waals surface area contributed by atoms with Crippen LogP contribution in [0.5, 0.6) is 0 Å². The van der Waals surface area contributed by atoms with Gasteiger partial charge in [0, 0.05) is 37.5 Å². The van der Waals surface area contributed by atoms with Crippen molar-refractivity contribution in [1.82, 2.24) is 9.55 Å². The first-order chi connectivity index (χ1) is 9.70. The summed E-state index contributed by atoms with van der Waals surface area (Å²) in [4.78, 5) is 4.53. The molecule has 0 unspecified atom stereocenters. The maximum absolute atomic E-state index is 5.09. The third-order valence-corrected chi connectivity index (χ3v) is 3.81. The van der Waals surface area contributed by atoms with Crippen molar-refractivity contribution in [2.24, 2.45) is 0 Å². The summed E-state index contributed by atoms with van der Waals surface area (Å²) in [5.41, 5.74) is 2.24. The number of hydrogen-bond donors (Lipinski definition) is 1. The van der Waals surface area contributed by atoms with E-state index in [0.29, 0.717) is 0 Å². The van der Waals surface area contributed by atoms with E-state index in [-0.39, 0.29) is 0 Å². The molecule has 108 valence electrons. The Morgan fingerprint density at radius 3 is 2.90 bits per heavy atom. The van der Waals surface area contributed by atoms with Crippen molar-refractivity contribution in [3.8, 4) is 0 Å². The van der Waals surface area contributed by atoms with Crippen molar-refractivity contribution in [3.63, 3.8) is 0 Å². The van der Waals surface area contributed by atoms with Crippen LogP contribution in [0.15, 0.2) is 34.9 Å². The Bertz CT molecular complexity index is 554. The van der Waals surface area contributed by atoms with Crippen molar-refractivity contribution >= 4 is 21.9 Å². The molecule has 2 rings (SSSR count). The van der Waals surface area contributed by atoms with Gasteiger partial charge >= 0.3 is 0 Å². The molecule has 0 spiro atoms. The summed E-state index contributed by atoms with van der Waals surface area (Å²) >= 11 is 3.56. The zero-order chi connectivity index (χ0) is 14.4. The maximum atomic E-state index is 5.09. The quantitative estimate of drug-likeness (QED) is 0.784. The minimum atomic E-state index is 0.752. The van der Waals surface area contributed by atoms with Gasteiger partial charge in [-0.2, -0.15) is 0 Å². The van der Waals surface area contributed by atoms with Crippen LogP contribution in [0.3, 0.4) is 0 Å². The number of anilines is 1. The van der Waals surface area contributed by atoms with Gasteiger partial charge in [-0.1, -0.05) is 34.1 Å². The molecule has 1 aromatic carbocycles. The zero-order valence-electron chi connectivity index (χ0n) is 11.9. The van der Waals surface area contributed by atoms with E-state index < -0.39 is 0 Å². The number of ether oxygens (including phenoxy) is 1. The molecular formula is C15H20BrN3O. The first-order valence-corrected chi connectivity index (χ1v) is 7.50. The van der Waals surface area contributed by atoms with Gasteiger partial charge in [-0.15, -0.1) is 0 Å². The lowest BCUT2D eigenvalue weighted by Gasteiger charge is -2.10. The van der Waals surface area contributed by atoms with Gasteiger partial charge in [-0.05, 0) is 25.0 Å². The molecule has 20 heavy (non-hydrogen) atoms. The minimum Gasteiger partial charge on any atom is -0.385 e. The molecule has 2 aromatic rings. The summed E-state index contributed by atoms with van der Waals surface area (Å²) < 4.78 is 8.35. The van der Waals surface area contributed by atoms with E-state index in [1.165, 1.54) is 5.56 Å². The lowest BCUT2D eigenvalue weighted by Crippen LogP contribution is -2.08. The second-order valence-corrected chi connectivity index (χ2v) is 5.54. The van der Waals surface area contributed by atoms with Crippen LogP contribution < -0.4 is 5.32 Å². The molecule has 0 aliphatic rings. The number of hydrogen-bond acceptors (Lipinski definition) is 3. The van der Waals surface area contributed by atoms with E-state index in [2.05, 4.69) is 43.1 Å². The Hall–Kier alpha value is -1.33. The van der Waals surface area contributed by atoms with E-state index in [4.69, 9.17) is 4.74 Å². The highest BCUT2D eigenvalue weighted by Crippen LogP contribution is 2.18. The van der Waals surface area contributed by atoms with Gasteiger partial charge in [-0.3, -0.25) is 0 Å². The summed E-state index contributed by atoms with van der Waals surface area (Å²) in [7, 11) is 1.73. The molecule has 0 aliphatic heterocycles. The van der Waals surface area contributed by atoms with Crippen LogP contribution in [-0.2, 0) is 17.8 Å². The summed E-state index contributed by atoms with van der Waals surface area (Å²) in [6, 6.07) is 8.21. The van der Waals surface area contributed by atoms with E-state index in [0.717, 1.165) is 42.2 Å². The van der Waals surface area contributed by atoms with E-state index in [1.54, 1.807) is 7.11 Å². The lowest BCUT2D eigenvalue weighted by molar-refractivity contribution is 0.190. The Kier molecular flexibility index (Phi) is 5.61. The van der Waals surface area contributed by atoms with Crippen LogP contribution in [-0.4, -0.2) is 23.3 Å². The van der Waals surface area contributed by atoms with Crippen LogP contribution in [0.4, 0.5) is 5.95 Å². The van der Waals surface area contributed by atoms with Crippen LogP contribution in [0.2, 0.25) is 0 Å². The average molecular weight is 338 g/mol. The Morgan fingerprint density at radius 1 is 1.35 bits per heavy atom. The lowest BCUT2D eigenvalue weighted by atomic mass is 10.2. The smallest absolute Gasteiger partial charge is 0.203 e. The molecule has 0 fully saturated rings. The monoisotopic (exact) mass is 337 g/mol. The molecule has 4 nitrogen and oxygen atoms in total. The van der Waals surface area contributed by atoms with E-state index in [1.807, 2.05) is 25.1 Å². The predicted octanol–water partition coefficient (Wildman–Crippen LogP) is 3.60. The number of nitrogens with one attached hydrogen (secondary N) is 1. The van der Waals surface area contributed by atoms with Gasteiger partial charge in [0.1, 0.15) is 0 Å². The zero-order valence-corrected chi connectivity index (χ0v) is 13.5. The van der Waals surface area contributed by atoms with E-state index in [9.17, 15) is 0 Å². The summed E-state index contributed by atoms with van der Waals surface area (Å²) in [6.45, 7) is 4.44. The first-order valence-electron chi connectivity index (χ1n) is 6.70. The molecular weight excluding hydrogens is 318 g/mol. The molecule has 0 saturated carbocycles. The Morgan fingerprint density at radius 2 is 2.15 bits per heavy atom. The molecule has 0 bridgehead atoms. The van der Waals surface area contributed by atoms with Gasteiger partial charge < -0.3 is 14.6 Å². The van der Waals surface area contributed by atoms with Crippen molar-refractivity contribution in [1.29, 1.82) is 0 Å². The fourth-order valence-electron chi connectivity index (χ4n) is 2.05. The summed E-state index contributed by atoms with van der Waals surface area (Å²) in [5.74, 6) is 0.911. The standard InChI is InChI=1S/C15H20BrN3O/c1-12-11-19(8-5-9-20-2)15(18-12)17-10-13-6-3-4-7-14(13)16/h3-4,6-7,11H,5,8-10H2,1-2H3,(H,17,18). The number of nitrogens with zero attached hydrogens (tertiary/aromatic N) is 2. The van der Waals surface area contributed by atoms with E-state index >= 15 is 0 Å². The molecule has 1 N–H and O–H groups in total. The van der Waals surface area contributed by atoms with Crippen LogP contribution in [0, 0.1) is 6.92 Å². The maximum Gasteiger partial charge on any atom is 0.203 e. The summed E-state index contributed by atoms with van der Waals surface area (Å²) in [5, 5.41) is 3.40. The van der Waals surface area contributed by atoms with Gasteiger partial charge in [0.25, 0.3) is 0 Å². The highest BCUT2D eigenvalue weighted by Gasteiger charge is 2.06. The summed E-state index contributed by atoms with van der Waals surface area (Å²) in [6.07, 6.45) is 3.05. The second-order valence-electron chi connectivity index (χ2n) is 4.69. The number of halogens is 1. The molecule has 0 aliphatic carbocycles. The molecule has 0 amide bonds. The first kappa shape index (κ1) is 15.1. The number of aryl methyl sites for hydroxylation is 2. The molecule has 5 heteroatoms. The van der Waals surface area contributed by atoms with Crippen molar-refractivity contribution in [3.05, 3.63) is 46.2 Å². The fraction of sp³-hybridized carbons (Fsp3) is 0.400.